The van der Waals surface area contributed by atoms with Crippen molar-refractivity contribution < 1.29 is 4.42 Å². The molecule has 0 saturated carbocycles. The summed E-state index contributed by atoms with van der Waals surface area (Å²) in [5.41, 5.74) is 11.7. The minimum Gasteiger partial charge on any atom is -0.456 e. The van der Waals surface area contributed by atoms with Crippen LogP contribution in [0.2, 0.25) is 0 Å². The molecule has 0 aliphatic rings. The fourth-order valence-corrected chi connectivity index (χ4v) is 9.35. The Morgan fingerprint density at radius 3 is 2.08 bits per heavy atom. The summed E-state index contributed by atoms with van der Waals surface area (Å²) < 4.78 is 13.8. The Balaban J connectivity index is 1.14. The Kier molecular flexibility index (Phi) is 5.09. The molecule has 0 saturated heterocycles. The molecule has 12 rings (SSSR count). The quantitative estimate of drug-likeness (QED) is 0.186. The molecule has 0 N–H and O–H groups in total. The first kappa shape index (κ1) is 26.5. The molecule has 0 bridgehead atoms. The standard InChI is InChI=1S/C45H25N3OS/c1-5-13-36-27(9-1)21-40-45(46-35-12-4-6-14-37(35)48(36)40)26-17-19-28(20-18-26)47-38-22-33-29-10-2-7-15-41(29)49-42(33)24-31(38)32-25-44-34(23-39(32)47)30-11-3-8-16-43(30)50-44/h1-25H. The molecule has 0 aliphatic carbocycles. The summed E-state index contributed by atoms with van der Waals surface area (Å²) >= 11 is 1.86. The second-order valence-electron chi connectivity index (χ2n) is 13.2. The molecule has 232 valence electrons. The average Bonchev–Trinajstić information content (AvgIpc) is 3.91. The maximum absolute atomic E-state index is 6.40. The first-order valence-electron chi connectivity index (χ1n) is 16.9. The third-order valence-corrected chi connectivity index (χ3v) is 11.6. The van der Waals surface area contributed by atoms with E-state index < -0.39 is 0 Å². The Morgan fingerprint density at radius 2 is 1.18 bits per heavy atom. The average molecular weight is 656 g/mol. The first-order chi connectivity index (χ1) is 24.8. The normalized spacial score (nSPS) is 12.4. The monoisotopic (exact) mass is 655 g/mol. The smallest absolute Gasteiger partial charge is 0.136 e. The van der Waals surface area contributed by atoms with Gasteiger partial charge in [0.2, 0.25) is 0 Å². The van der Waals surface area contributed by atoms with E-state index in [2.05, 4.69) is 155 Å². The van der Waals surface area contributed by atoms with E-state index in [-0.39, 0.29) is 0 Å². The van der Waals surface area contributed by atoms with Crippen LogP contribution in [-0.4, -0.2) is 14.0 Å². The van der Waals surface area contributed by atoms with Crippen LogP contribution < -0.4 is 0 Å². The van der Waals surface area contributed by atoms with E-state index in [1.807, 2.05) is 17.4 Å². The van der Waals surface area contributed by atoms with Crippen molar-refractivity contribution in [1.29, 1.82) is 0 Å². The largest absolute Gasteiger partial charge is 0.456 e. The molecular weight excluding hydrogens is 631 g/mol. The number of hydrogen-bond acceptors (Lipinski definition) is 3. The van der Waals surface area contributed by atoms with Crippen molar-refractivity contribution in [3.63, 3.8) is 0 Å². The van der Waals surface area contributed by atoms with Crippen molar-refractivity contribution >= 4 is 103 Å². The van der Waals surface area contributed by atoms with Crippen LogP contribution in [0.25, 0.3) is 108 Å². The van der Waals surface area contributed by atoms with E-state index >= 15 is 0 Å². The highest BCUT2D eigenvalue weighted by Gasteiger charge is 2.20. The number of fused-ring (bicyclic) bond motifs is 14. The van der Waals surface area contributed by atoms with Crippen molar-refractivity contribution in [1.82, 2.24) is 14.0 Å². The summed E-state index contributed by atoms with van der Waals surface area (Å²) in [6.45, 7) is 0. The van der Waals surface area contributed by atoms with E-state index in [9.17, 15) is 0 Å². The number of benzene rings is 7. The van der Waals surface area contributed by atoms with Crippen molar-refractivity contribution in [2.75, 3.05) is 0 Å². The van der Waals surface area contributed by atoms with Crippen molar-refractivity contribution in [3.8, 4) is 16.9 Å². The molecule has 0 spiro atoms. The molecule has 5 heterocycles. The molecule has 7 aromatic carbocycles. The van der Waals surface area contributed by atoms with Crippen LogP contribution in [0.1, 0.15) is 0 Å². The number of furan rings is 1. The van der Waals surface area contributed by atoms with E-state index in [4.69, 9.17) is 9.40 Å². The first-order valence-corrected chi connectivity index (χ1v) is 17.7. The molecule has 0 amide bonds. The molecule has 0 fully saturated rings. The molecule has 0 radical (unpaired) electrons. The molecule has 5 heteroatoms. The van der Waals surface area contributed by atoms with Gasteiger partial charge in [-0.2, -0.15) is 0 Å². The lowest BCUT2D eigenvalue weighted by molar-refractivity contribution is 0.669. The number of thiophene rings is 1. The molecule has 4 nitrogen and oxygen atoms in total. The SMILES string of the molecule is c1ccc2c(c1)cc1c(-c3ccc(-n4c5cc6c(cc5c5cc7sc8ccccc8c7cc54)oc4ccccc46)cc3)nc3ccccc3n12. The van der Waals surface area contributed by atoms with Gasteiger partial charge in [-0.3, -0.25) is 0 Å². The van der Waals surface area contributed by atoms with Gasteiger partial charge in [0, 0.05) is 58.4 Å². The van der Waals surface area contributed by atoms with Crippen LogP contribution in [0.4, 0.5) is 0 Å². The van der Waals surface area contributed by atoms with Crippen LogP contribution in [0.15, 0.2) is 156 Å². The zero-order valence-corrected chi connectivity index (χ0v) is 27.4. The maximum Gasteiger partial charge on any atom is 0.136 e. The van der Waals surface area contributed by atoms with Crippen LogP contribution in [0.3, 0.4) is 0 Å². The lowest BCUT2D eigenvalue weighted by Crippen LogP contribution is -1.97. The third-order valence-electron chi connectivity index (χ3n) is 10.5. The van der Waals surface area contributed by atoms with Crippen LogP contribution >= 0.6 is 11.3 Å². The van der Waals surface area contributed by atoms with Crippen LogP contribution in [0, 0.1) is 0 Å². The van der Waals surface area contributed by atoms with E-state index in [0.717, 1.165) is 61.0 Å². The Labute approximate surface area is 288 Å². The maximum atomic E-state index is 6.40. The third kappa shape index (κ3) is 3.51. The minimum atomic E-state index is 0.912. The minimum absolute atomic E-state index is 0.912. The van der Waals surface area contributed by atoms with Gasteiger partial charge < -0.3 is 13.4 Å². The van der Waals surface area contributed by atoms with Gasteiger partial charge in [0.15, 0.2) is 0 Å². The summed E-state index contributed by atoms with van der Waals surface area (Å²) in [6.07, 6.45) is 0. The lowest BCUT2D eigenvalue weighted by Gasteiger charge is -2.12. The molecular formula is C45H25N3OS. The highest BCUT2D eigenvalue weighted by molar-refractivity contribution is 7.25. The van der Waals surface area contributed by atoms with Crippen molar-refractivity contribution in [2.45, 2.75) is 0 Å². The van der Waals surface area contributed by atoms with Gasteiger partial charge in [-0.25, -0.2) is 4.98 Å². The van der Waals surface area contributed by atoms with Crippen LogP contribution in [-0.2, 0) is 0 Å². The van der Waals surface area contributed by atoms with Crippen molar-refractivity contribution in [3.05, 3.63) is 152 Å². The molecule has 0 atom stereocenters. The van der Waals surface area contributed by atoms with E-state index in [1.54, 1.807) is 0 Å². The molecule has 0 aliphatic heterocycles. The Morgan fingerprint density at radius 1 is 0.460 bits per heavy atom. The predicted octanol–water partition coefficient (Wildman–Crippen LogP) is 12.7. The van der Waals surface area contributed by atoms with Crippen LogP contribution in [0.5, 0.6) is 0 Å². The van der Waals surface area contributed by atoms with Gasteiger partial charge in [-0.1, -0.05) is 78.9 Å². The van der Waals surface area contributed by atoms with E-state index in [0.29, 0.717) is 0 Å². The Hall–Kier alpha value is -6.43. The summed E-state index contributed by atoms with van der Waals surface area (Å²) in [5.74, 6) is 0. The summed E-state index contributed by atoms with van der Waals surface area (Å²) in [4.78, 5) is 5.24. The van der Waals surface area contributed by atoms with Gasteiger partial charge in [0.25, 0.3) is 0 Å². The zero-order valence-electron chi connectivity index (χ0n) is 26.6. The number of hydrogen-bond donors (Lipinski definition) is 0. The van der Waals surface area contributed by atoms with Gasteiger partial charge in [-0.15, -0.1) is 11.3 Å². The predicted molar refractivity (Wildman–Crippen MR) is 210 cm³/mol. The fraction of sp³-hybridized carbons (Fsp3) is 0. The molecule has 50 heavy (non-hydrogen) atoms. The second kappa shape index (κ2) is 9.59. The zero-order chi connectivity index (χ0) is 32.5. The Bertz CT molecular complexity index is 3250. The molecule has 0 unspecified atom stereocenters. The number of aromatic nitrogens is 3. The summed E-state index contributed by atoms with van der Waals surface area (Å²) in [6, 6.07) is 54.6. The molecule has 12 aromatic rings. The van der Waals surface area contributed by atoms with Crippen molar-refractivity contribution in [2.24, 2.45) is 0 Å². The van der Waals surface area contributed by atoms with E-state index in [1.165, 1.54) is 47.4 Å². The number of rotatable bonds is 2. The summed E-state index contributed by atoms with van der Waals surface area (Å²) in [7, 11) is 0. The highest BCUT2D eigenvalue weighted by Crippen LogP contribution is 2.43. The van der Waals surface area contributed by atoms with Gasteiger partial charge in [0.1, 0.15) is 11.2 Å². The van der Waals surface area contributed by atoms with Gasteiger partial charge >= 0.3 is 0 Å². The fourth-order valence-electron chi connectivity index (χ4n) is 8.22. The molecule has 5 aromatic heterocycles. The topological polar surface area (TPSA) is 35.4 Å². The number of nitrogens with zero attached hydrogens (tertiary/aromatic N) is 3. The number of para-hydroxylation sites is 4. The van der Waals surface area contributed by atoms with Gasteiger partial charge in [-0.05, 0) is 72.8 Å². The second-order valence-corrected chi connectivity index (χ2v) is 14.3. The highest BCUT2D eigenvalue weighted by atomic mass is 32.1. The summed E-state index contributed by atoms with van der Waals surface area (Å²) in [5, 5.41) is 8.47. The van der Waals surface area contributed by atoms with Gasteiger partial charge in [0.05, 0.1) is 38.8 Å². The lowest BCUT2D eigenvalue weighted by atomic mass is 10.1.